The number of hydrogen-bond acceptors (Lipinski definition) is 5. The second-order valence-electron chi connectivity index (χ2n) is 5.73. The molecule has 3 heterocycles. The maximum atomic E-state index is 12.3. The summed E-state index contributed by atoms with van der Waals surface area (Å²) in [6.07, 6.45) is 2.45. The van der Waals surface area contributed by atoms with E-state index in [0.29, 0.717) is 37.0 Å². The number of aromatic nitrogens is 1. The van der Waals surface area contributed by atoms with Gasteiger partial charge in [-0.05, 0) is 18.1 Å². The van der Waals surface area contributed by atoms with Crippen LogP contribution in [-0.2, 0) is 11.3 Å². The topological polar surface area (TPSA) is 79.6 Å². The van der Waals surface area contributed by atoms with Crippen LogP contribution < -0.4 is 0 Å². The molecule has 8 heteroatoms. The maximum Gasteiger partial charge on any atom is 0.290 e. The molecule has 1 saturated heterocycles. The minimum absolute atomic E-state index is 0.0332. The van der Waals surface area contributed by atoms with Gasteiger partial charge in [0.15, 0.2) is 5.82 Å². The van der Waals surface area contributed by atoms with Gasteiger partial charge in [0.2, 0.25) is 5.91 Å². The second-order valence-corrected chi connectivity index (χ2v) is 6.12. The van der Waals surface area contributed by atoms with Crippen molar-refractivity contribution in [2.45, 2.75) is 26.3 Å². The van der Waals surface area contributed by atoms with Crippen LogP contribution >= 0.6 is 11.6 Å². The van der Waals surface area contributed by atoms with Gasteiger partial charge in [0, 0.05) is 32.3 Å². The number of pyridine rings is 1. The standard InChI is InChI=1S/C15H17ClN4O3/c1-2-11-7-13(21)19-6-5-18(15(19)14(11)20(22)23)9-10-3-4-12(16)17-8-10/h3-4,8,11H,2,5-7,9H2,1H3. The summed E-state index contributed by atoms with van der Waals surface area (Å²) in [4.78, 5) is 31.0. The van der Waals surface area contributed by atoms with Crippen molar-refractivity contribution >= 4 is 17.5 Å². The number of halogens is 1. The van der Waals surface area contributed by atoms with Crippen LogP contribution in [0.3, 0.4) is 0 Å². The number of rotatable bonds is 4. The lowest BCUT2D eigenvalue weighted by Crippen LogP contribution is -2.39. The van der Waals surface area contributed by atoms with Crippen molar-refractivity contribution in [1.82, 2.24) is 14.8 Å². The van der Waals surface area contributed by atoms with E-state index in [9.17, 15) is 14.9 Å². The molecule has 0 saturated carbocycles. The summed E-state index contributed by atoms with van der Waals surface area (Å²) < 4.78 is 0. The first kappa shape index (κ1) is 15.7. The van der Waals surface area contributed by atoms with Crippen LogP contribution in [0.2, 0.25) is 5.15 Å². The van der Waals surface area contributed by atoms with Gasteiger partial charge in [0.05, 0.1) is 10.8 Å². The minimum atomic E-state index is -0.332. The highest BCUT2D eigenvalue weighted by Crippen LogP contribution is 2.36. The van der Waals surface area contributed by atoms with Crippen molar-refractivity contribution in [1.29, 1.82) is 0 Å². The first-order valence-corrected chi connectivity index (χ1v) is 7.93. The summed E-state index contributed by atoms with van der Waals surface area (Å²) in [6.45, 7) is 3.41. The molecule has 122 valence electrons. The van der Waals surface area contributed by atoms with Crippen LogP contribution in [0.15, 0.2) is 29.8 Å². The van der Waals surface area contributed by atoms with Crippen molar-refractivity contribution in [3.05, 3.63) is 50.7 Å². The molecule has 0 N–H and O–H groups in total. The molecular formula is C15H17ClN4O3. The van der Waals surface area contributed by atoms with Crippen molar-refractivity contribution in [3.8, 4) is 0 Å². The van der Waals surface area contributed by atoms with Gasteiger partial charge in [-0.15, -0.1) is 0 Å². The monoisotopic (exact) mass is 336 g/mol. The van der Waals surface area contributed by atoms with E-state index in [-0.39, 0.29) is 28.9 Å². The lowest BCUT2D eigenvalue weighted by molar-refractivity contribution is -0.438. The van der Waals surface area contributed by atoms with Crippen molar-refractivity contribution in [2.24, 2.45) is 5.92 Å². The number of amides is 1. The largest absolute Gasteiger partial charge is 0.346 e. The normalized spacial score (nSPS) is 21.0. The summed E-state index contributed by atoms with van der Waals surface area (Å²) in [7, 11) is 0. The summed E-state index contributed by atoms with van der Waals surface area (Å²) in [6, 6.07) is 3.53. The van der Waals surface area contributed by atoms with E-state index < -0.39 is 0 Å². The lowest BCUT2D eigenvalue weighted by Gasteiger charge is -2.30. The van der Waals surface area contributed by atoms with E-state index in [4.69, 9.17) is 11.6 Å². The Kier molecular flexibility index (Phi) is 4.21. The zero-order valence-electron chi connectivity index (χ0n) is 12.7. The quantitative estimate of drug-likeness (QED) is 0.478. The molecule has 1 aromatic heterocycles. The van der Waals surface area contributed by atoms with Gasteiger partial charge in [0.1, 0.15) is 5.15 Å². The average Bonchev–Trinajstić information content (AvgIpc) is 2.93. The van der Waals surface area contributed by atoms with E-state index in [2.05, 4.69) is 4.98 Å². The lowest BCUT2D eigenvalue weighted by atomic mass is 9.94. The molecule has 0 radical (unpaired) electrons. The van der Waals surface area contributed by atoms with Crippen LogP contribution in [0.1, 0.15) is 25.3 Å². The smallest absolute Gasteiger partial charge is 0.290 e. The molecule has 3 rings (SSSR count). The molecule has 1 unspecified atom stereocenters. The Morgan fingerprint density at radius 3 is 2.83 bits per heavy atom. The fourth-order valence-corrected chi connectivity index (χ4v) is 3.30. The van der Waals surface area contributed by atoms with Crippen molar-refractivity contribution in [2.75, 3.05) is 13.1 Å². The van der Waals surface area contributed by atoms with Crippen LogP contribution in [0.25, 0.3) is 0 Å². The molecule has 2 aliphatic heterocycles. The highest BCUT2D eigenvalue weighted by atomic mass is 35.5. The number of nitro groups is 1. The van der Waals surface area contributed by atoms with Gasteiger partial charge in [-0.25, -0.2) is 4.98 Å². The third-order valence-corrected chi connectivity index (χ3v) is 4.56. The number of carbonyl (C=O) groups is 1. The Labute approximate surface area is 138 Å². The van der Waals surface area contributed by atoms with Crippen LogP contribution in [0.4, 0.5) is 0 Å². The zero-order valence-corrected chi connectivity index (χ0v) is 13.5. The van der Waals surface area contributed by atoms with Crippen LogP contribution in [0, 0.1) is 16.0 Å². The molecule has 7 nitrogen and oxygen atoms in total. The summed E-state index contributed by atoms with van der Waals surface area (Å²) in [5, 5.41) is 12.0. The molecule has 1 atom stereocenters. The predicted octanol–water partition coefficient (Wildman–Crippen LogP) is 2.25. The second kappa shape index (κ2) is 6.16. The number of nitrogens with zero attached hydrogens (tertiary/aromatic N) is 4. The Morgan fingerprint density at radius 1 is 1.43 bits per heavy atom. The molecule has 0 spiro atoms. The Morgan fingerprint density at radius 2 is 2.22 bits per heavy atom. The number of allylic oxidation sites excluding steroid dienone is 1. The first-order chi connectivity index (χ1) is 11.0. The van der Waals surface area contributed by atoms with E-state index >= 15 is 0 Å². The Hall–Kier alpha value is -2.15. The molecule has 0 aliphatic carbocycles. The number of fused-ring (bicyclic) bond motifs is 1. The highest BCUT2D eigenvalue weighted by molar-refractivity contribution is 6.29. The Balaban J connectivity index is 1.96. The summed E-state index contributed by atoms with van der Waals surface area (Å²) in [5.74, 6) is 0.0925. The van der Waals surface area contributed by atoms with E-state index in [1.807, 2.05) is 17.9 Å². The van der Waals surface area contributed by atoms with Gasteiger partial charge in [-0.3, -0.25) is 19.8 Å². The van der Waals surface area contributed by atoms with Crippen molar-refractivity contribution in [3.63, 3.8) is 0 Å². The Bertz CT molecular complexity index is 674. The summed E-state index contributed by atoms with van der Waals surface area (Å²) >= 11 is 5.78. The van der Waals surface area contributed by atoms with Gasteiger partial charge >= 0.3 is 0 Å². The average molecular weight is 337 g/mol. The molecule has 1 aromatic rings. The predicted molar refractivity (Wildman–Crippen MR) is 83.8 cm³/mol. The molecule has 1 fully saturated rings. The minimum Gasteiger partial charge on any atom is -0.346 e. The zero-order chi connectivity index (χ0) is 16.6. The van der Waals surface area contributed by atoms with Crippen molar-refractivity contribution < 1.29 is 9.72 Å². The molecule has 23 heavy (non-hydrogen) atoms. The molecular weight excluding hydrogens is 320 g/mol. The van der Waals surface area contributed by atoms with Gasteiger partial charge in [-0.2, -0.15) is 0 Å². The molecule has 2 aliphatic rings. The maximum absolute atomic E-state index is 12.3. The van der Waals surface area contributed by atoms with E-state index in [1.54, 1.807) is 17.2 Å². The van der Waals surface area contributed by atoms with Crippen LogP contribution in [-0.4, -0.2) is 38.7 Å². The van der Waals surface area contributed by atoms with Gasteiger partial charge < -0.3 is 4.90 Å². The third kappa shape index (κ3) is 2.88. The summed E-state index contributed by atoms with van der Waals surface area (Å²) in [5.41, 5.74) is 1.06. The molecule has 1 amide bonds. The fraction of sp³-hybridized carbons (Fsp3) is 0.467. The SMILES string of the molecule is CCC1CC(=O)N2CCN(Cc3ccc(Cl)nc3)C2=C1[N+](=O)[O-]. The van der Waals surface area contributed by atoms with Gasteiger partial charge in [0.25, 0.3) is 5.70 Å². The number of carbonyl (C=O) groups excluding carboxylic acids is 1. The first-order valence-electron chi connectivity index (χ1n) is 7.55. The third-order valence-electron chi connectivity index (χ3n) is 4.34. The molecule has 0 aromatic carbocycles. The van der Waals surface area contributed by atoms with E-state index in [0.717, 1.165) is 5.56 Å². The number of hydrogen-bond donors (Lipinski definition) is 0. The highest BCUT2D eigenvalue weighted by Gasteiger charge is 2.45. The van der Waals surface area contributed by atoms with E-state index in [1.165, 1.54) is 0 Å². The van der Waals surface area contributed by atoms with Gasteiger partial charge in [-0.1, -0.05) is 24.6 Å². The van der Waals surface area contributed by atoms with Crippen LogP contribution in [0.5, 0.6) is 0 Å². The molecule has 0 bridgehead atoms. The fourth-order valence-electron chi connectivity index (χ4n) is 3.19.